The number of hydrogen-bond donors (Lipinski definition) is 2. The second-order valence-corrected chi connectivity index (χ2v) is 9.34. The number of aromatic hydroxyl groups is 1. The van der Waals surface area contributed by atoms with E-state index in [1.54, 1.807) is 0 Å². The molecule has 0 saturated carbocycles. The number of carbonyl (C=O) groups excluding carboxylic acids is 1. The minimum atomic E-state index is -4.39. The lowest BCUT2D eigenvalue weighted by Gasteiger charge is -2.26. The largest absolute Gasteiger partial charge is 0.504 e. The third-order valence-electron chi connectivity index (χ3n) is 4.67. The van der Waals surface area contributed by atoms with E-state index in [2.05, 4.69) is 0 Å². The summed E-state index contributed by atoms with van der Waals surface area (Å²) in [6.07, 6.45) is -0.0890. The molecule has 33 heavy (non-hydrogen) atoms. The standard InChI is InChI=1S/C22H19ClF2N2O5S/c1-32-21-11-18(3-5-20(21)28)33(30,31)27(12-22(26)29)19-4-2-15(23)9-14(19)6-13-7-16(24)10-17(25)8-13/h2-5,7-11,28H,6,12H2,1H3,(H2,26,29). The SMILES string of the molecule is COc1cc(S(=O)(=O)N(CC(N)=O)c2ccc(Cl)cc2Cc2cc(F)cc(F)c2)ccc1O. The lowest BCUT2D eigenvalue weighted by Crippen LogP contribution is -2.39. The van der Waals surface area contributed by atoms with Gasteiger partial charge >= 0.3 is 0 Å². The molecule has 0 aliphatic rings. The number of phenols is 1. The number of carbonyl (C=O) groups is 1. The summed E-state index contributed by atoms with van der Waals surface area (Å²) in [5, 5.41) is 10.0. The Morgan fingerprint density at radius 2 is 1.76 bits per heavy atom. The Bertz CT molecular complexity index is 1300. The zero-order valence-electron chi connectivity index (χ0n) is 17.3. The van der Waals surface area contributed by atoms with Crippen molar-refractivity contribution in [2.24, 2.45) is 5.73 Å². The molecule has 11 heteroatoms. The van der Waals surface area contributed by atoms with Crippen LogP contribution < -0.4 is 14.8 Å². The Morgan fingerprint density at radius 1 is 1.09 bits per heavy atom. The highest BCUT2D eigenvalue weighted by atomic mass is 35.5. The maximum atomic E-state index is 13.7. The molecule has 3 aromatic rings. The van der Waals surface area contributed by atoms with Gasteiger partial charge in [-0.2, -0.15) is 0 Å². The first-order valence-electron chi connectivity index (χ1n) is 9.42. The summed E-state index contributed by atoms with van der Waals surface area (Å²) in [5.74, 6) is -2.92. The number of halogens is 3. The van der Waals surface area contributed by atoms with E-state index in [1.807, 2.05) is 0 Å². The van der Waals surface area contributed by atoms with E-state index in [0.717, 1.165) is 34.6 Å². The van der Waals surface area contributed by atoms with Crippen LogP contribution in [0.4, 0.5) is 14.5 Å². The molecule has 0 aromatic heterocycles. The number of primary amides is 1. The van der Waals surface area contributed by atoms with Crippen molar-refractivity contribution in [3.63, 3.8) is 0 Å². The Balaban J connectivity index is 2.16. The molecule has 0 aliphatic carbocycles. The summed E-state index contributed by atoms with van der Waals surface area (Å²) in [5.41, 5.74) is 5.86. The van der Waals surface area contributed by atoms with Crippen molar-refractivity contribution in [2.45, 2.75) is 11.3 Å². The predicted molar refractivity (Wildman–Crippen MR) is 119 cm³/mol. The van der Waals surface area contributed by atoms with E-state index in [9.17, 15) is 27.1 Å². The molecule has 0 spiro atoms. The number of nitrogens with two attached hydrogens (primary N) is 1. The Morgan fingerprint density at radius 3 is 2.36 bits per heavy atom. The summed E-state index contributed by atoms with van der Waals surface area (Å²) in [4.78, 5) is 11.5. The summed E-state index contributed by atoms with van der Waals surface area (Å²) >= 11 is 6.09. The van der Waals surface area contributed by atoms with Crippen molar-refractivity contribution in [1.82, 2.24) is 0 Å². The number of nitrogens with zero attached hydrogens (tertiary/aromatic N) is 1. The molecule has 0 unspecified atom stereocenters. The lowest BCUT2D eigenvalue weighted by molar-refractivity contribution is -0.116. The molecule has 174 valence electrons. The maximum absolute atomic E-state index is 13.7. The van der Waals surface area contributed by atoms with Crippen LogP contribution >= 0.6 is 11.6 Å². The topological polar surface area (TPSA) is 110 Å². The summed E-state index contributed by atoms with van der Waals surface area (Å²) < 4.78 is 60.1. The van der Waals surface area contributed by atoms with Crippen molar-refractivity contribution in [2.75, 3.05) is 18.0 Å². The highest BCUT2D eigenvalue weighted by Gasteiger charge is 2.29. The minimum absolute atomic E-state index is 0.0370. The van der Waals surface area contributed by atoms with Crippen LogP contribution in [0, 0.1) is 11.6 Å². The summed E-state index contributed by atoms with van der Waals surface area (Å²) in [7, 11) is -3.14. The molecule has 0 aliphatic heterocycles. The van der Waals surface area contributed by atoms with Crippen LogP contribution in [0.25, 0.3) is 0 Å². The van der Waals surface area contributed by atoms with Crippen molar-refractivity contribution in [1.29, 1.82) is 0 Å². The second-order valence-electron chi connectivity index (χ2n) is 7.04. The molecular weight excluding hydrogens is 478 g/mol. The van der Waals surface area contributed by atoms with Gasteiger partial charge in [0.05, 0.1) is 17.7 Å². The van der Waals surface area contributed by atoms with Crippen LogP contribution in [-0.4, -0.2) is 33.1 Å². The highest BCUT2D eigenvalue weighted by molar-refractivity contribution is 7.92. The van der Waals surface area contributed by atoms with Crippen LogP contribution in [-0.2, 0) is 21.2 Å². The average molecular weight is 497 g/mol. The zero-order chi connectivity index (χ0) is 24.3. The van der Waals surface area contributed by atoms with Gasteiger partial charge in [0.15, 0.2) is 11.5 Å². The molecule has 0 fully saturated rings. The highest BCUT2D eigenvalue weighted by Crippen LogP contribution is 2.34. The monoisotopic (exact) mass is 496 g/mol. The van der Waals surface area contributed by atoms with E-state index in [4.69, 9.17) is 22.1 Å². The Kier molecular flexibility index (Phi) is 7.09. The van der Waals surface area contributed by atoms with Gasteiger partial charge in [-0.15, -0.1) is 0 Å². The molecule has 0 atom stereocenters. The Labute approximate surface area is 194 Å². The van der Waals surface area contributed by atoms with Crippen LogP contribution in [0.2, 0.25) is 5.02 Å². The molecule has 3 N–H and O–H groups in total. The van der Waals surface area contributed by atoms with Crippen molar-refractivity contribution in [3.8, 4) is 11.5 Å². The molecule has 7 nitrogen and oxygen atoms in total. The quantitative estimate of drug-likeness (QED) is 0.495. The first kappa shape index (κ1) is 24.3. The van der Waals surface area contributed by atoms with Crippen LogP contribution in [0.5, 0.6) is 11.5 Å². The van der Waals surface area contributed by atoms with Crippen LogP contribution in [0.3, 0.4) is 0 Å². The molecule has 0 radical (unpaired) electrons. The van der Waals surface area contributed by atoms with Crippen molar-refractivity contribution >= 4 is 33.2 Å². The number of benzene rings is 3. The first-order chi connectivity index (χ1) is 15.5. The van der Waals surface area contributed by atoms with E-state index >= 15 is 0 Å². The van der Waals surface area contributed by atoms with Gasteiger partial charge in [0.2, 0.25) is 5.91 Å². The average Bonchev–Trinajstić information content (AvgIpc) is 2.72. The van der Waals surface area contributed by atoms with Gasteiger partial charge in [-0.05, 0) is 60.0 Å². The minimum Gasteiger partial charge on any atom is -0.504 e. The maximum Gasteiger partial charge on any atom is 0.264 e. The molecule has 0 heterocycles. The van der Waals surface area contributed by atoms with Gasteiger partial charge in [0, 0.05) is 17.2 Å². The van der Waals surface area contributed by atoms with Gasteiger partial charge < -0.3 is 15.6 Å². The number of methoxy groups -OCH3 is 1. The fraction of sp³-hybridized carbons (Fsp3) is 0.136. The lowest BCUT2D eigenvalue weighted by atomic mass is 10.0. The normalized spacial score (nSPS) is 11.3. The number of sulfonamides is 1. The number of rotatable bonds is 8. The molecule has 1 amide bonds. The van der Waals surface area contributed by atoms with Gasteiger partial charge in [0.25, 0.3) is 10.0 Å². The number of hydrogen-bond acceptors (Lipinski definition) is 5. The third kappa shape index (κ3) is 5.52. The van der Waals surface area contributed by atoms with Gasteiger partial charge in [-0.3, -0.25) is 9.10 Å². The van der Waals surface area contributed by atoms with Crippen LogP contribution in [0.15, 0.2) is 59.5 Å². The fourth-order valence-corrected chi connectivity index (χ4v) is 4.94. The number of ether oxygens (including phenoxy) is 1. The summed E-state index contributed by atoms with van der Waals surface area (Å²) in [6, 6.07) is 10.5. The fourth-order valence-electron chi connectivity index (χ4n) is 3.26. The Hall–Kier alpha value is -3.37. The van der Waals surface area contributed by atoms with E-state index in [-0.39, 0.29) is 44.7 Å². The molecule has 3 aromatic carbocycles. The number of phenolic OH excluding ortho intramolecular Hbond substituents is 1. The zero-order valence-corrected chi connectivity index (χ0v) is 18.8. The predicted octanol–water partition coefficient (Wildman–Crippen LogP) is 3.60. The summed E-state index contributed by atoms with van der Waals surface area (Å²) in [6.45, 7) is -0.725. The molecule has 0 bridgehead atoms. The van der Waals surface area contributed by atoms with Gasteiger partial charge in [-0.1, -0.05) is 11.6 Å². The number of anilines is 1. The molecule has 3 rings (SSSR count). The van der Waals surface area contributed by atoms with Crippen molar-refractivity contribution < 1.29 is 31.8 Å². The second kappa shape index (κ2) is 9.63. The first-order valence-corrected chi connectivity index (χ1v) is 11.2. The van der Waals surface area contributed by atoms with Gasteiger partial charge in [-0.25, -0.2) is 17.2 Å². The van der Waals surface area contributed by atoms with Gasteiger partial charge in [0.1, 0.15) is 18.2 Å². The molecular formula is C22H19ClF2N2O5S. The van der Waals surface area contributed by atoms with Crippen LogP contribution in [0.1, 0.15) is 11.1 Å². The van der Waals surface area contributed by atoms with E-state index in [1.165, 1.54) is 25.3 Å². The smallest absolute Gasteiger partial charge is 0.264 e. The van der Waals surface area contributed by atoms with E-state index < -0.39 is 34.1 Å². The third-order valence-corrected chi connectivity index (χ3v) is 6.66. The molecule has 0 saturated heterocycles. The number of amides is 1. The van der Waals surface area contributed by atoms with Crippen molar-refractivity contribution in [3.05, 3.63) is 82.4 Å². The van der Waals surface area contributed by atoms with E-state index in [0.29, 0.717) is 6.07 Å².